The van der Waals surface area contributed by atoms with Crippen molar-refractivity contribution >= 4 is 5.91 Å². The smallest absolute Gasteiger partial charge is 0.243 e. The topological polar surface area (TPSA) is 29.1 Å². The van der Waals surface area contributed by atoms with Crippen molar-refractivity contribution in [3.8, 4) is 0 Å². The molecule has 60 valence electrons. The van der Waals surface area contributed by atoms with Crippen molar-refractivity contribution in [1.82, 2.24) is 5.32 Å². The lowest BCUT2D eigenvalue weighted by atomic mass is 10.4. The molecular weight excluding hydrogens is 138 g/mol. The summed E-state index contributed by atoms with van der Waals surface area (Å²) in [6, 6.07) is 0. The molecule has 1 N–H and O–H groups in total. The van der Waals surface area contributed by atoms with E-state index in [0.29, 0.717) is 6.54 Å². The second-order valence-corrected chi connectivity index (χ2v) is 1.90. The minimum Gasteiger partial charge on any atom is -0.349 e. The van der Waals surface area contributed by atoms with Gasteiger partial charge in [-0.15, -0.1) is 0 Å². The van der Waals surface area contributed by atoms with Gasteiger partial charge in [0.05, 0.1) is 0 Å². The predicted octanol–water partition coefficient (Wildman–Crippen LogP) is 1.42. The second kappa shape index (κ2) is 6.81. The molecule has 0 rings (SSSR count). The molecule has 0 aromatic carbocycles. The molecule has 0 bridgehead atoms. The summed E-state index contributed by atoms with van der Waals surface area (Å²) in [5.74, 6) is -0.143. The Balaban J connectivity index is 3.40. The summed E-state index contributed by atoms with van der Waals surface area (Å²) in [5.41, 5.74) is 0. The van der Waals surface area contributed by atoms with Crippen LogP contribution in [0.2, 0.25) is 0 Å². The molecule has 0 spiro atoms. The molecule has 0 aromatic rings. The fraction of sp³-hybridized carbons (Fsp3) is 0.222. The Kier molecular flexibility index (Phi) is 5.99. The maximum absolute atomic E-state index is 10.6. The fourth-order valence-electron chi connectivity index (χ4n) is 0.489. The van der Waals surface area contributed by atoms with E-state index < -0.39 is 0 Å². The summed E-state index contributed by atoms with van der Waals surface area (Å²) in [6.45, 7) is 5.81. The lowest BCUT2D eigenvalue weighted by molar-refractivity contribution is -0.116. The van der Waals surface area contributed by atoms with Crippen molar-refractivity contribution in [2.45, 2.75) is 6.92 Å². The van der Waals surface area contributed by atoms with Crippen molar-refractivity contribution in [2.24, 2.45) is 0 Å². The van der Waals surface area contributed by atoms with E-state index in [4.69, 9.17) is 0 Å². The number of carbonyl (C=O) groups excluding carboxylic acids is 1. The molecule has 1 amide bonds. The van der Waals surface area contributed by atoms with Crippen LogP contribution in [0.15, 0.2) is 37.0 Å². The molecule has 0 fully saturated rings. The summed E-state index contributed by atoms with van der Waals surface area (Å²) in [7, 11) is 0. The molecule has 0 saturated heterocycles. The highest BCUT2D eigenvalue weighted by Crippen LogP contribution is 1.75. The Bertz CT molecular complexity index is 180. The van der Waals surface area contributed by atoms with Crippen LogP contribution < -0.4 is 5.32 Å². The van der Waals surface area contributed by atoms with E-state index in [1.54, 1.807) is 0 Å². The average Bonchev–Trinajstić information content (AvgIpc) is 2.04. The van der Waals surface area contributed by atoms with E-state index in [1.807, 2.05) is 31.2 Å². The minimum absolute atomic E-state index is 0.143. The zero-order chi connectivity index (χ0) is 8.53. The van der Waals surface area contributed by atoms with Gasteiger partial charge in [0.15, 0.2) is 0 Å². The van der Waals surface area contributed by atoms with Gasteiger partial charge in [-0.3, -0.25) is 4.79 Å². The first-order chi connectivity index (χ1) is 5.31. The Morgan fingerprint density at radius 3 is 2.82 bits per heavy atom. The highest BCUT2D eigenvalue weighted by atomic mass is 16.1. The number of carbonyl (C=O) groups is 1. The van der Waals surface area contributed by atoms with Crippen molar-refractivity contribution in [3.05, 3.63) is 37.0 Å². The van der Waals surface area contributed by atoms with E-state index in [0.717, 1.165) is 0 Å². The summed E-state index contributed by atoms with van der Waals surface area (Å²) < 4.78 is 0. The fourth-order valence-corrected chi connectivity index (χ4v) is 0.489. The second-order valence-electron chi connectivity index (χ2n) is 1.90. The van der Waals surface area contributed by atoms with E-state index in [1.165, 1.54) is 6.08 Å². The molecule has 0 atom stereocenters. The maximum atomic E-state index is 10.6. The number of rotatable bonds is 4. The van der Waals surface area contributed by atoms with Gasteiger partial charge >= 0.3 is 0 Å². The molecule has 0 aliphatic rings. The molecule has 2 nitrogen and oxygen atoms in total. The Hall–Kier alpha value is -1.31. The third kappa shape index (κ3) is 6.58. The molecule has 11 heavy (non-hydrogen) atoms. The van der Waals surface area contributed by atoms with Crippen molar-refractivity contribution in [2.75, 3.05) is 6.54 Å². The highest BCUT2D eigenvalue weighted by Gasteiger charge is 1.86. The van der Waals surface area contributed by atoms with E-state index in [-0.39, 0.29) is 5.91 Å². The van der Waals surface area contributed by atoms with Crippen LogP contribution in [0.25, 0.3) is 0 Å². The van der Waals surface area contributed by atoms with Crippen LogP contribution in [0.3, 0.4) is 0 Å². The molecule has 0 aliphatic carbocycles. The zero-order valence-electron chi connectivity index (χ0n) is 6.71. The van der Waals surface area contributed by atoms with Crippen LogP contribution in [0.1, 0.15) is 6.92 Å². The highest BCUT2D eigenvalue weighted by molar-refractivity contribution is 5.86. The van der Waals surface area contributed by atoms with Crippen LogP contribution in [-0.2, 0) is 4.79 Å². The monoisotopic (exact) mass is 151 g/mol. The van der Waals surface area contributed by atoms with Crippen LogP contribution in [0.5, 0.6) is 0 Å². The maximum Gasteiger partial charge on any atom is 0.243 e. The summed E-state index contributed by atoms with van der Waals surface area (Å²) in [5, 5.41) is 2.61. The van der Waals surface area contributed by atoms with Gasteiger partial charge in [-0.25, -0.2) is 0 Å². The average molecular weight is 151 g/mol. The van der Waals surface area contributed by atoms with Gasteiger partial charge in [-0.1, -0.05) is 30.9 Å². The Labute approximate surface area is 67.3 Å². The molecule has 0 radical (unpaired) electrons. The first kappa shape index (κ1) is 9.69. The molecule has 0 aromatic heterocycles. The predicted molar refractivity (Wildman–Crippen MR) is 47.2 cm³/mol. The molecule has 0 heterocycles. The normalized spacial score (nSPS) is 10.6. The minimum atomic E-state index is -0.143. The largest absolute Gasteiger partial charge is 0.349 e. The van der Waals surface area contributed by atoms with Crippen LogP contribution in [-0.4, -0.2) is 12.5 Å². The molecular formula is C9H13NO. The lowest BCUT2D eigenvalue weighted by Gasteiger charge is -1.93. The van der Waals surface area contributed by atoms with Gasteiger partial charge in [-0.2, -0.15) is 0 Å². The van der Waals surface area contributed by atoms with Gasteiger partial charge in [-0.05, 0) is 13.0 Å². The van der Waals surface area contributed by atoms with Gasteiger partial charge < -0.3 is 5.32 Å². The van der Waals surface area contributed by atoms with Gasteiger partial charge in [0, 0.05) is 6.54 Å². The standard InChI is InChI=1S/C9H13NO/c1-3-5-6-7-8-10-9(11)4-2/h3-7H,2,8H2,1H3,(H,10,11)/b5-3+,7-6-. The first-order valence-corrected chi connectivity index (χ1v) is 3.49. The van der Waals surface area contributed by atoms with E-state index in [2.05, 4.69) is 11.9 Å². The molecule has 0 saturated carbocycles. The third-order valence-electron chi connectivity index (χ3n) is 1.02. The van der Waals surface area contributed by atoms with Gasteiger partial charge in [0.2, 0.25) is 5.91 Å². The third-order valence-corrected chi connectivity index (χ3v) is 1.02. The number of hydrogen-bond acceptors (Lipinski definition) is 1. The van der Waals surface area contributed by atoms with Crippen LogP contribution in [0.4, 0.5) is 0 Å². The van der Waals surface area contributed by atoms with Crippen LogP contribution >= 0.6 is 0 Å². The first-order valence-electron chi connectivity index (χ1n) is 3.49. The van der Waals surface area contributed by atoms with E-state index in [9.17, 15) is 4.79 Å². The number of nitrogens with one attached hydrogen (secondary N) is 1. The van der Waals surface area contributed by atoms with Gasteiger partial charge in [0.25, 0.3) is 0 Å². The van der Waals surface area contributed by atoms with Crippen molar-refractivity contribution in [1.29, 1.82) is 0 Å². The Morgan fingerprint density at radius 2 is 2.27 bits per heavy atom. The summed E-state index contributed by atoms with van der Waals surface area (Å²) in [6.07, 6.45) is 8.82. The zero-order valence-corrected chi connectivity index (χ0v) is 6.71. The summed E-state index contributed by atoms with van der Waals surface area (Å²) >= 11 is 0. The molecule has 2 heteroatoms. The molecule has 0 unspecified atom stereocenters. The Morgan fingerprint density at radius 1 is 1.55 bits per heavy atom. The molecule has 0 aliphatic heterocycles. The lowest BCUT2D eigenvalue weighted by Crippen LogP contribution is -2.20. The van der Waals surface area contributed by atoms with Crippen LogP contribution in [0, 0.1) is 0 Å². The quantitative estimate of drug-likeness (QED) is 0.478. The number of allylic oxidation sites excluding steroid dienone is 3. The van der Waals surface area contributed by atoms with Crippen molar-refractivity contribution < 1.29 is 4.79 Å². The van der Waals surface area contributed by atoms with E-state index >= 15 is 0 Å². The summed E-state index contributed by atoms with van der Waals surface area (Å²) in [4.78, 5) is 10.6. The number of amides is 1. The van der Waals surface area contributed by atoms with Gasteiger partial charge in [0.1, 0.15) is 0 Å². The number of hydrogen-bond donors (Lipinski definition) is 1. The van der Waals surface area contributed by atoms with Crippen molar-refractivity contribution in [3.63, 3.8) is 0 Å². The SMILES string of the molecule is C=CC(=O)NC/C=C\C=C\C.